The van der Waals surface area contributed by atoms with Gasteiger partial charge in [0.15, 0.2) is 0 Å². The molecule has 0 saturated carbocycles. The van der Waals surface area contributed by atoms with Crippen molar-refractivity contribution in [2.45, 2.75) is 26.4 Å². The van der Waals surface area contributed by atoms with Crippen LogP contribution < -0.4 is 0 Å². The number of aromatic hydroxyl groups is 2. The number of carbonyl (C=O) groups is 1. The van der Waals surface area contributed by atoms with Gasteiger partial charge in [-0.15, -0.1) is 0 Å². The third-order valence-corrected chi connectivity index (χ3v) is 3.44. The Morgan fingerprint density at radius 1 is 1.18 bits per heavy atom. The van der Waals surface area contributed by atoms with Crippen molar-refractivity contribution in [3.05, 3.63) is 58.1 Å². The summed E-state index contributed by atoms with van der Waals surface area (Å²) in [6, 6.07) is 9.56. The fraction of sp³-hybridized carbons (Fsp3) is 0.235. The van der Waals surface area contributed by atoms with Crippen LogP contribution in [0, 0.1) is 0 Å². The number of rotatable bonds is 5. The summed E-state index contributed by atoms with van der Waals surface area (Å²) in [5.41, 5.74) is 1.47. The van der Waals surface area contributed by atoms with Crippen LogP contribution in [0.25, 0.3) is 0 Å². The lowest BCUT2D eigenvalue weighted by Gasteiger charge is -2.11. The third kappa shape index (κ3) is 3.92. The van der Waals surface area contributed by atoms with E-state index in [1.54, 1.807) is 24.3 Å². The highest BCUT2D eigenvalue weighted by molar-refractivity contribution is 6.30. The predicted molar refractivity (Wildman–Crippen MR) is 84.3 cm³/mol. The van der Waals surface area contributed by atoms with E-state index in [2.05, 4.69) is 0 Å². The van der Waals surface area contributed by atoms with Crippen molar-refractivity contribution in [2.24, 2.45) is 0 Å². The van der Waals surface area contributed by atoms with E-state index < -0.39 is 5.97 Å². The molecule has 0 heterocycles. The van der Waals surface area contributed by atoms with Gasteiger partial charge in [-0.1, -0.05) is 37.1 Å². The van der Waals surface area contributed by atoms with Gasteiger partial charge < -0.3 is 14.9 Å². The molecule has 2 aromatic rings. The fourth-order valence-electron chi connectivity index (χ4n) is 2.17. The van der Waals surface area contributed by atoms with Crippen LogP contribution >= 0.6 is 11.6 Å². The number of hydrogen-bond donors (Lipinski definition) is 2. The van der Waals surface area contributed by atoms with Crippen molar-refractivity contribution in [1.82, 2.24) is 0 Å². The van der Waals surface area contributed by atoms with Gasteiger partial charge in [0.25, 0.3) is 0 Å². The summed E-state index contributed by atoms with van der Waals surface area (Å²) in [4.78, 5) is 12.2. The lowest BCUT2D eigenvalue weighted by molar-refractivity contribution is 0.0468. The third-order valence-electron chi connectivity index (χ3n) is 3.19. The Balaban J connectivity index is 2.16. The summed E-state index contributed by atoms with van der Waals surface area (Å²) in [6.45, 7) is 2.03. The van der Waals surface area contributed by atoms with Crippen LogP contribution in [-0.4, -0.2) is 16.2 Å². The molecule has 0 fully saturated rings. The minimum absolute atomic E-state index is 0.0739. The van der Waals surface area contributed by atoms with E-state index in [1.807, 2.05) is 6.92 Å². The minimum Gasteiger partial charge on any atom is -0.508 e. The number of ether oxygens (including phenoxy) is 1. The Bertz CT molecular complexity index is 665. The number of esters is 1. The SMILES string of the molecule is CCCc1cc(O)cc(O)c1C(=O)OCc1ccc(Cl)cc1. The van der Waals surface area contributed by atoms with E-state index >= 15 is 0 Å². The molecule has 0 bridgehead atoms. The van der Waals surface area contributed by atoms with Gasteiger partial charge in [-0.05, 0) is 35.7 Å². The Morgan fingerprint density at radius 3 is 2.50 bits per heavy atom. The van der Waals surface area contributed by atoms with Crippen LogP contribution in [0.5, 0.6) is 11.5 Å². The predicted octanol–water partition coefficient (Wildman–Crippen LogP) is 4.06. The second-order valence-corrected chi connectivity index (χ2v) is 5.39. The van der Waals surface area contributed by atoms with Crippen molar-refractivity contribution in [3.63, 3.8) is 0 Å². The van der Waals surface area contributed by atoms with Crippen LogP contribution in [0.3, 0.4) is 0 Å². The Labute approximate surface area is 133 Å². The molecule has 0 aliphatic heterocycles. The number of hydrogen-bond acceptors (Lipinski definition) is 4. The quantitative estimate of drug-likeness (QED) is 0.815. The molecule has 0 spiro atoms. The molecule has 22 heavy (non-hydrogen) atoms. The van der Waals surface area contributed by atoms with E-state index in [4.69, 9.17) is 16.3 Å². The number of phenolic OH excluding ortho intramolecular Hbond substituents is 2. The fourth-order valence-corrected chi connectivity index (χ4v) is 2.30. The molecule has 4 nitrogen and oxygen atoms in total. The molecule has 0 saturated heterocycles. The molecule has 0 aliphatic rings. The molecule has 0 radical (unpaired) electrons. The number of benzene rings is 2. The van der Waals surface area contributed by atoms with Gasteiger partial charge in [-0.25, -0.2) is 4.79 Å². The average Bonchev–Trinajstić information content (AvgIpc) is 2.46. The molecule has 0 aliphatic carbocycles. The zero-order valence-electron chi connectivity index (χ0n) is 12.2. The molecule has 0 aromatic heterocycles. The molecule has 5 heteroatoms. The highest BCUT2D eigenvalue weighted by atomic mass is 35.5. The lowest BCUT2D eigenvalue weighted by Crippen LogP contribution is -2.09. The molecule has 0 atom stereocenters. The van der Waals surface area contributed by atoms with Gasteiger partial charge in [0.05, 0.1) is 0 Å². The van der Waals surface area contributed by atoms with Crippen molar-refractivity contribution in [3.8, 4) is 11.5 Å². The van der Waals surface area contributed by atoms with Crippen molar-refractivity contribution >= 4 is 17.6 Å². The van der Waals surface area contributed by atoms with Crippen LogP contribution in [0.4, 0.5) is 0 Å². The first kappa shape index (κ1) is 16.2. The van der Waals surface area contributed by atoms with Crippen molar-refractivity contribution < 1.29 is 19.7 Å². The van der Waals surface area contributed by atoms with E-state index in [-0.39, 0.29) is 23.7 Å². The highest BCUT2D eigenvalue weighted by Gasteiger charge is 2.19. The monoisotopic (exact) mass is 320 g/mol. The normalized spacial score (nSPS) is 10.5. The molecule has 0 amide bonds. The van der Waals surface area contributed by atoms with Gasteiger partial charge in [-0.2, -0.15) is 0 Å². The minimum atomic E-state index is -0.615. The number of carbonyl (C=O) groups excluding carboxylic acids is 1. The largest absolute Gasteiger partial charge is 0.508 e. The Morgan fingerprint density at radius 2 is 1.86 bits per heavy atom. The lowest BCUT2D eigenvalue weighted by atomic mass is 10.0. The first-order chi connectivity index (χ1) is 10.5. The zero-order chi connectivity index (χ0) is 16.1. The van der Waals surface area contributed by atoms with Gasteiger partial charge in [0.1, 0.15) is 23.7 Å². The summed E-state index contributed by atoms with van der Waals surface area (Å²) < 4.78 is 5.24. The molecule has 2 aromatic carbocycles. The molecule has 2 rings (SSSR count). The second-order valence-electron chi connectivity index (χ2n) is 4.95. The molecule has 0 unspecified atom stereocenters. The number of halogens is 1. The van der Waals surface area contributed by atoms with E-state index in [0.717, 1.165) is 18.1 Å². The van der Waals surface area contributed by atoms with Gasteiger partial charge in [0.2, 0.25) is 0 Å². The van der Waals surface area contributed by atoms with E-state index in [0.29, 0.717) is 17.0 Å². The Hall–Kier alpha value is -2.20. The summed E-state index contributed by atoms with van der Waals surface area (Å²) in [5.74, 6) is -0.962. The van der Waals surface area contributed by atoms with E-state index in [1.165, 1.54) is 6.07 Å². The number of phenols is 2. The zero-order valence-corrected chi connectivity index (χ0v) is 12.9. The summed E-state index contributed by atoms with van der Waals surface area (Å²) in [7, 11) is 0. The smallest absolute Gasteiger partial charge is 0.342 e. The summed E-state index contributed by atoms with van der Waals surface area (Å²) in [5, 5.41) is 20.1. The maximum Gasteiger partial charge on any atom is 0.342 e. The molecule has 116 valence electrons. The molecule has 2 N–H and O–H groups in total. The summed E-state index contributed by atoms with van der Waals surface area (Å²) in [6.07, 6.45) is 1.34. The van der Waals surface area contributed by atoms with Crippen LogP contribution in [-0.2, 0) is 17.8 Å². The Kier molecular flexibility index (Phi) is 5.28. The molecular weight excluding hydrogens is 304 g/mol. The highest BCUT2D eigenvalue weighted by Crippen LogP contribution is 2.29. The van der Waals surface area contributed by atoms with Gasteiger partial charge in [-0.3, -0.25) is 0 Å². The van der Waals surface area contributed by atoms with Gasteiger partial charge in [0, 0.05) is 11.1 Å². The van der Waals surface area contributed by atoms with Crippen LogP contribution in [0.2, 0.25) is 5.02 Å². The van der Waals surface area contributed by atoms with Crippen LogP contribution in [0.15, 0.2) is 36.4 Å². The molecular formula is C17H17ClO4. The number of aryl methyl sites for hydroxylation is 1. The summed E-state index contributed by atoms with van der Waals surface area (Å²) >= 11 is 5.80. The van der Waals surface area contributed by atoms with Crippen LogP contribution in [0.1, 0.15) is 34.8 Å². The first-order valence-electron chi connectivity index (χ1n) is 6.97. The standard InChI is InChI=1S/C17H17ClO4/c1-2-3-12-8-14(19)9-15(20)16(12)17(21)22-10-11-4-6-13(18)7-5-11/h4-9,19-20H,2-3,10H2,1H3. The first-order valence-corrected chi connectivity index (χ1v) is 7.35. The topological polar surface area (TPSA) is 66.8 Å². The van der Waals surface area contributed by atoms with Crippen molar-refractivity contribution in [1.29, 1.82) is 0 Å². The van der Waals surface area contributed by atoms with Gasteiger partial charge >= 0.3 is 5.97 Å². The van der Waals surface area contributed by atoms with E-state index in [9.17, 15) is 15.0 Å². The second kappa shape index (κ2) is 7.18. The average molecular weight is 321 g/mol. The maximum absolute atomic E-state index is 12.2. The van der Waals surface area contributed by atoms with Crippen molar-refractivity contribution in [2.75, 3.05) is 0 Å². The maximum atomic E-state index is 12.2.